The van der Waals surface area contributed by atoms with Crippen molar-refractivity contribution in [3.8, 4) is 0 Å². The third kappa shape index (κ3) is 4.18. The summed E-state index contributed by atoms with van der Waals surface area (Å²) in [6, 6.07) is 9.84. The molecule has 0 bridgehead atoms. The van der Waals surface area contributed by atoms with Crippen molar-refractivity contribution in [2.75, 3.05) is 5.32 Å². The van der Waals surface area contributed by atoms with Crippen LogP contribution in [0.15, 0.2) is 29.2 Å². The van der Waals surface area contributed by atoms with Crippen LogP contribution in [0.3, 0.4) is 0 Å². The number of anilines is 1. The van der Waals surface area contributed by atoms with E-state index in [0.717, 1.165) is 17.1 Å². The zero-order chi connectivity index (χ0) is 14.7. The van der Waals surface area contributed by atoms with Gasteiger partial charge in [0.1, 0.15) is 0 Å². The molecule has 0 aliphatic heterocycles. The molecule has 1 aromatic carbocycles. The van der Waals surface area contributed by atoms with Gasteiger partial charge in [-0.05, 0) is 68.2 Å². The smallest absolute Gasteiger partial charge is 0.0343 e. The molecule has 0 radical (unpaired) electrons. The first-order chi connectivity index (χ1) is 10.2. The first-order valence-electron chi connectivity index (χ1n) is 8.74. The lowest BCUT2D eigenvalue weighted by Crippen LogP contribution is -2.32. The van der Waals surface area contributed by atoms with Gasteiger partial charge in [-0.3, -0.25) is 0 Å². The quantitative estimate of drug-likeness (QED) is 0.736. The summed E-state index contributed by atoms with van der Waals surface area (Å²) in [6.07, 6.45) is 9.72. The van der Waals surface area contributed by atoms with E-state index in [4.69, 9.17) is 0 Å². The Kier molecular flexibility index (Phi) is 5.15. The predicted octanol–water partition coefficient (Wildman–Crippen LogP) is 5.96. The van der Waals surface area contributed by atoms with E-state index < -0.39 is 0 Å². The molecule has 2 fully saturated rings. The van der Waals surface area contributed by atoms with Crippen molar-refractivity contribution in [3.05, 3.63) is 24.3 Å². The average molecular weight is 304 g/mol. The molecule has 2 aliphatic carbocycles. The van der Waals surface area contributed by atoms with Crippen molar-refractivity contribution in [3.63, 3.8) is 0 Å². The Morgan fingerprint density at radius 2 is 1.67 bits per heavy atom. The molecule has 1 N–H and O–H groups in total. The lowest BCUT2D eigenvalue weighted by atomic mass is 9.80. The topological polar surface area (TPSA) is 12.0 Å². The molecule has 3 atom stereocenters. The molecular weight excluding hydrogens is 274 g/mol. The Hall–Kier alpha value is -0.630. The number of hydrogen-bond acceptors (Lipinski definition) is 2. The molecule has 0 aromatic heterocycles. The van der Waals surface area contributed by atoms with Gasteiger partial charge in [-0.2, -0.15) is 0 Å². The van der Waals surface area contributed by atoms with Gasteiger partial charge in [0.15, 0.2) is 0 Å². The number of nitrogens with one attached hydrogen (secondary N) is 1. The van der Waals surface area contributed by atoms with E-state index in [9.17, 15) is 0 Å². The zero-order valence-corrected chi connectivity index (χ0v) is 14.3. The lowest BCUT2D eigenvalue weighted by Gasteiger charge is -2.33. The summed E-state index contributed by atoms with van der Waals surface area (Å²) in [5.74, 6) is 1.70. The monoisotopic (exact) mass is 303 g/mol. The van der Waals surface area contributed by atoms with E-state index in [1.54, 1.807) is 0 Å². The normalized spacial score (nSPS) is 30.5. The van der Waals surface area contributed by atoms with Gasteiger partial charge in [-0.15, -0.1) is 11.8 Å². The molecular formula is C19H29NS. The lowest BCUT2D eigenvalue weighted by molar-refractivity contribution is 0.276. The molecule has 1 nitrogen and oxygen atoms in total. The van der Waals surface area contributed by atoms with Gasteiger partial charge < -0.3 is 5.32 Å². The van der Waals surface area contributed by atoms with Gasteiger partial charge in [0.05, 0.1) is 0 Å². The SMILES string of the molecule is CC1CCC(Nc2ccc(SC3CCCC3)cc2)C(C)C1. The molecule has 116 valence electrons. The maximum absolute atomic E-state index is 3.76. The van der Waals surface area contributed by atoms with Crippen molar-refractivity contribution in [2.45, 2.75) is 75.0 Å². The first-order valence-corrected chi connectivity index (χ1v) is 9.62. The summed E-state index contributed by atoms with van der Waals surface area (Å²) >= 11 is 2.08. The van der Waals surface area contributed by atoms with Gasteiger partial charge in [0, 0.05) is 21.9 Å². The van der Waals surface area contributed by atoms with Gasteiger partial charge in [0.2, 0.25) is 0 Å². The van der Waals surface area contributed by atoms with Gasteiger partial charge in [0.25, 0.3) is 0 Å². The highest BCUT2D eigenvalue weighted by Crippen LogP contribution is 2.35. The fraction of sp³-hybridized carbons (Fsp3) is 0.684. The molecule has 1 aromatic rings. The Morgan fingerprint density at radius 3 is 2.33 bits per heavy atom. The zero-order valence-electron chi connectivity index (χ0n) is 13.5. The van der Waals surface area contributed by atoms with E-state index in [1.807, 2.05) is 0 Å². The van der Waals surface area contributed by atoms with Gasteiger partial charge >= 0.3 is 0 Å². The van der Waals surface area contributed by atoms with Crippen LogP contribution >= 0.6 is 11.8 Å². The summed E-state index contributed by atoms with van der Waals surface area (Å²) in [4.78, 5) is 1.44. The minimum atomic E-state index is 0.662. The van der Waals surface area contributed by atoms with E-state index in [2.05, 4.69) is 55.2 Å². The molecule has 3 unspecified atom stereocenters. The maximum Gasteiger partial charge on any atom is 0.0343 e. The molecule has 0 spiro atoms. The highest BCUT2D eigenvalue weighted by molar-refractivity contribution is 8.00. The second-order valence-electron chi connectivity index (χ2n) is 7.20. The largest absolute Gasteiger partial charge is 0.382 e. The highest BCUT2D eigenvalue weighted by Gasteiger charge is 2.25. The van der Waals surface area contributed by atoms with Crippen molar-refractivity contribution >= 4 is 17.4 Å². The second kappa shape index (κ2) is 7.09. The van der Waals surface area contributed by atoms with Crippen molar-refractivity contribution in [1.29, 1.82) is 0 Å². The standard InChI is InChI=1S/C19H29NS/c1-14-7-12-19(15(2)13-14)20-16-8-10-18(11-9-16)21-17-5-3-4-6-17/h8-11,14-15,17,19-20H,3-7,12-13H2,1-2H3. The van der Waals surface area contributed by atoms with Crippen LogP contribution in [0.25, 0.3) is 0 Å². The van der Waals surface area contributed by atoms with Crippen LogP contribution in [0.5, 0.6) is 0 Å². The molecule has 3 rings (SSSR count). The Labute approximate surface area is 134 Å². The molecule has 0 heterocycles. The molecule has 2 heteroatoms. The fourth-order valence-corrected chi connectivity index (χ4v) is 5.17. The maximum atomic E-state index is 3.76. The fourth-order valence-electron chi connectivity index (χ4n) is 3.92. The van der Waals surface area contributed by atoms with Crippen LogP contribution in [0.2, 0.25) is 0 Å². The van der Waals surface area contributed by atoms with Crippen molar-refractivity contribution in [1.82, 2.24) is 0 Å². The van der Waals surface area contributed by atoms with Crippen molar-refractivity contribution in [2.24, 2.45) is 11.8 Å². The van der Waals surface area contributed by atoms with Crippen LogP contribution < -0.4 is 5.32 Å². The third-order valence-corrected chi connectivity index (χ3v) is 6.59. The van der Waals surface area contributed by atoms with Crippen LogP contribution in [0.4, 0.5) is 5.69 Å². The number of benzene rings is 1. The first kappa shape index (κ1) is 15.3. The summed E-state index contributed by atoms with van der Waals surface area (Å²) in [7, 11) is 0. The van der Waals surface area contributed by atoms with Gasteiger partial charge in [-0.1, -0.05) is 26.7 Å². The number of hydrogen-bond donors (Lipinski definition) is 1. The molecule has 21 heavy (non-hydrogen) atoms. The highest BCUT2D eigenvalue weighted by atomic mass is 32.2. The Balaban J connectivity index is 1.54. The third-order valence-electron chi connectivity index (χ3n) is 5.24. The summed E-state index contributed by atoms with van der Waals surface area (Å²) in [5, 5.41) is 4.63. The second-order valence-corrected chi connectivity index (χ2v) is 8.57. The van der Waals surface area contributed by atoms with Gasteiger partial charge in [-0.25, -0.2) is 0 Å². The van der Waals surface area contributed by atoms with Crippen LogP contribution in [0.1, 0.15) is 58.8 Å². The molecule has 0 amide bonds. The molecule has 2 aliphatic rings. The summed E-state index contributed by atoms with van der Waals surface area (Å²) in [6.45, 7) is 4.79. The Bertz CT molecular complexity index is 435. The average Bonchev–Trinajstić information content (AvgIpc) is 2.97. The van der Waals surface area contributed by atoms with E-state index >= 15 is 0 Å². The van der Waals surface area contributed by atoms with E-state index in [-0.39, 0.29) is 0 Å². The van der Waals surface area contributed by atoms with Crippen LogP contribution in [-0.4, -0.2) is 11.3 Å². The predicted molar refractivity (Wildman–Crippen MR) is 94.1 cm³/mol. The minimum Gasteiger partial charge on any atom is -0.382 e. The van der Waals surface area contributed by atoms with Crippen LogP contribution in [-0.2, 0) is 0 Å². The summed E-state index contributed by atoms with van der Waals surface area (Å²) in [5.41, 5.74) is 1.30. The van der Waals surface area contributed by atoms with E-state index in [0.29, 0.717) is 6.04 Å². The Morgan fingerprint density at radius 1 is 0.952 bits per heavy atom. The molecule has 0 saturated heterocycles. The van der Waals surface area contributed by atoms with Crippen molar-refractivity contribution < 1.29 is 0 Å². The number of rotatable bonds is 4. The number of thioether (sulfide) groups is 1. The summed E-state index contributed by atoms with van der Waals surface area (Å²) < 4.78 is 0. The molecule has 2 saturated carbocycles. The van der Waals surface area contributed by atoms with E-state index in [1.165, 1.54) is 55.5 Å². The van der Waals surface area contributed by atoms with Crippen LogP contribution in [0, 0.1) is 11.8 Å². The minimum absolute atomic E-state index is 0.662.